The van der Waals surface area contributed by atoms with E-state index in [0.717, 1.165) is 42.7 Å². The topological polar surface area (TPSA) is 108 Å². The van der Waals surface area contributed by atoms with Crippen LogP contribution in [0.25, 0.3) is 32.5 Å². The van der Waals surface area contributed by atoms with Gasteiger partial charge in [0, 0.05) is 60.3 Å². The molecule has 4 aromatic carbocycles. The number of hydrogen-bond donors (Lipinski definition) is 3. The van der Waals surface area contributed by atoms with Gasteiger partial charge in [0.2, 0.25) is 0 Å². The van der Waals surface area contributed by atoms with Crippen molar-refractivity contribution in [1.29, 1.82) is 0 Å². The van der Waals surface area contributed by atoms with Gasteiger partial charge in [-0.2, -0.15) is 0 Å². The van der Waals surface area contributed by atoms with Crippen LogP contribution in [0.5, 0.6) is 11.5 Å². The molecule has 8 heteroatoms. The first-order valence-corrected chi connectivity index (χ1v) is 14.4. The number of nitrogens with one attached hydrogen (secondary N) is 1. The predicted molar refractivity (Wildman–Crippen MR) is 166 cm³/mol. The molecule has 0 amide bonds. The van der Waals surface area contributed by atoms with E-state index in [4.69, 9.17) is 9.15 Å². The number of carbonyl (C=O) groups is 1. The van der Waals surface area contributed by atoms with Gasteiger partial charge in [-0.25, -0.2) is 4.79 Å². The molecular formula is C35H31N3O5. The third-order valence-electron chi connectivity index (χ3n) is 8.34. The number of carboxylic acids is 1. The molecule has 6 aromatic rings. The van der Waals surface area contributed by atoms with Crippen LogP contribution in [0, 0.1) is 6.92 Å². The number of aromatic nitrogens is 1. The molecule has 2 aromatic heterocycles. The summed E-state index contributed by atoms with van der Waals surface area (Å²) in [5.41, 5.74) is 2.95. The van der Waals surface area contributed by atoms with Gasteiger partial charge in [-0.1, -0.05) is 36.4 Å². The summed E-state index contributed by atoms with van der Waals surface area (Å²) < 4.78 is 12.4. The Morgan fingerprint density at radius 1 is 1.00 bits per heavy atom. The van der Waals surface area contributed by atoms with Gasteiger partial charge in [0.1, 0.15) is 35.0 Å². The normalized spacial score (nSPS) is 14.8. The highest BCUT2D eigenvalue weighted by molar-refractivity contribution is 6.16. The Balaban J connectivity index is 1.39. The van der Waals surface area contributed by atoms with Crippen molar-refractivity contribution in [3.63, 3.8) is 0 Å². The van der Waals surface area contributed by atoms with Crippen molar-refractivity contribution < 1.29 is 24.2 Å². The number of pyridine rings is 1. The number of hydrogen-bond acceptors (Lipinski definition) is 7. The molecule has 1 aliphatic heterocycles. The Morgan fingerprint density at radius 3 is 2.53 bits per heavy atom. The molecule has 0 aliphatic carbocycles. The lowest BCUT2D eigenvalue weighted by Gasteiger charge is -2.36. The van der Waals surface area contributed by atoms with Crippen molar-refractivity contribution in [2.45, 2.75) is 19.6 Å². The second kappa shape index (κ2) is 11.1. The van der Waals surface area contributed by atoms with E-state index in [9.17, 15) is 15.0 Å². The monoisotopic (exact) mass is 573 g/mol. The van der Waals surface area contributed by atoms with Crippen molar-refractivity contribution in [3.8, 4) is 11.5 Å². The molecule has 3 N–H and O–H groups in total. The minimum absolute atomic E-state index is 0.0160. The molecule has 0 radical (unpaired) electrons. The highest BCUT2D eigenvalue weighted by Crippen LogP contribution is 2.48. The third-order valence-corrected chi connectivity index (χ3v) is 8.34. The lowest BCUT2D eigenvalue weighted by Crippen LogP contribution is -2.45. The van der Waals surface area contributed by atoms with E-state index in [1.165, 1.54) is 5.39 Å². The van der Waals surface area contributed by atoms with Crippen LogP contribution in [0.3, 0.4) is 0 Å². The number of aryl methyl sites for hydroxylation is 1. The number of piperazine rings is 1. The molecule has 43 heavy (non-hydrogen) atoms. The smallest absolute Gasteiger partial charge is 0.339 e. The molecule has 1 unspecified atom stereocenters. The van der Waals surface area contributed by atoms with Crippen LogP contribution in [-0.2, 0) is 6.61 Å². The Morgan fingerprint density at radius 2 is 1.77 bits per heavy atom. The maximum Gasteiger partial charge on any atom is 0.339 e. The zero-order valence-electron chi connectivity index (χ0n) is 23.7. The summed E-state index contributed by atoms with van der Waals surface area (Å²) in [5.74, 6) is -0.200. The first-order valence-electron chi connectivity index (χ1n) is 14.4. The van der Waals surface area contributed by atoms with Gasteiger partial charge in [0.05, 0.1) is 6.04 Å². The fourth-order valence-corrected chi connectivity index (χ4v) is 6.33. The largest absolute Gasteiger partial charge is 0.507 e. The lowest BCUT2D eigenvalue weighted by molar-refractivity contribution is 0.0696. The van der Waals surface area contributed by atoms with E-state index >= 15 is 0 Å². The molecule has 1 aliphatic rings. The molecule has 1 saturated heterocycles. The lowest BCUT2D eigenvalue weighted by atomic mass is 9.89. The highest BCUT2D eigenvalue weighted by Gasteiger charge is 2.34. The van der Waals surface area contributed by atoms with E-state index < -0.39 is 12.0 Å². The predicted octanol–water partition coefficient (Wildman–Crippen LogP) is 6.42. The van der Waals surface area contributed by atoms with Gasteiger partial charge in [-0.3, -0.25) is 9.88 Å². The number of phenolic OH excluding ortho intramolecular Hbond substituents is 1. The summed E-state index contributed by atoms with van der Waals surface area (Å²) in [5, 5.41) is 29.7. The summed E-state index contributed by atoms with van der Waals surface area (Å²) in [6.45, 7) is 5.02. The Bertz CT molecular complexity index is 1980. The zero-order valence-corrected chi connectivity index (χ0v) is 23.7. The van der Waals surface area contributed by atoms with Crippen molar-refractivity contribution in [2.24, 2.45) is 0 Å². The number of aromatic carboxylic acids is 1. The number of phenols is 1. The van der Waals surface area contributed by atoms with E-state index in [1.807, 2.05) is 48.5 Å². The highest BCUT2D eigenvalue weighted by atomic mass is 16.5. The third kappa shape index (κ3) is 4.84. The number of furan rings is 1. The second-order valence-electron chi connectivity index (χ2n) is 11.0. The Labute approximate surface area is 248 Å². The van der Waals surface area contributed by atoms with Gasteiger partial charge in [0.15, 0.2) is 0 Å². The van der Waals surface area contributed by atoms with Crippen LogP contribution in [0.4, 0.5) is 0 Å². The summed E-state index contributed by atoms with van der Waals surface area (Å²) in [7, 11) is 0. The maximum atomic E-state index is 12.6. The van der Waals surface area contributed by atoms with Gasteiger partial charge in [-0.15, -0.1) is 0 Å². The number of nitrogens with zero attached hydrogens (tertiary/aromatic N) is 2. The van der Waals surface area contributed by atoms with Crippen LogP contribution in [-0.4, -0.2) is 52.2 Å². The van der Waals surface area contributed by atoms with Crippen molar-refractivity contribution >= 4 is 38.5 Å². The van der Waals surface area contributed by atoms with E-state index in [1.54, 1.807) is 19.3 Å². The van der Waals surface area contributed by atoms with Crippen LogP contribution in [0.2, 0.25) is 0 Å². The molecule has 0 saturated carbocycles. The van der Waals surface area contributed by atoms with Gasteiger partial charge in [-0.05, 0) is 65.2 Å². The van der Waals surface area contributed by atoms with Crippen LogP contribution >= 0.6 is 0 Å². The molecule has 7 rings (SSSR count). The van der Waals surface area contributed by atoms with Crippen molar-refractivity contribution in [1.82, 2.24) is 15.2 Å². The second-order valence-corrected chi connectivity index (χ2v) is 11.0. The fraction of sp³-hybridized carbons (Fsp3) is 0.200. The van der Waals surface area contributed by atoms with E-state index in [-0.39, 0.29) is 11.3 Å². The van der Waals surface area contributed by atoms with Gasteiger partial charge in [0.25, 0.3) is 0 Å². The molecular weight excluding hydrogens is 542 g/mol. The average molecular weight is 574 g/mol. The number of benzene rings is 4. The van der Waals surface area contributed by atoms with E-state index in [0.29, 0.717) is 45.4 Å². The van der Waals surface area contributed by atoms with Gasteiger partial charge >= 0.3 is 5.97 Å². The average Bonchev–Trinajstić information content (AvgIpc) is 3.39. The number of aromatic hydroxyl groups is 1. The maximum absolute atomic E-state index is 12.6. The molecule has 216 valence electrons. The minimum Gasteiger partial charge on any atom is -0.507 e. The summed E-state index contributed by atoms with van der Waals surface area (Å²) in [4.78, 5) is 19.1. The molecule has 8 nitrogen and oxygen atoms in total. The first kappa shape index (κ1) is 26.9. The van der Waals surface area contributed by atoms with Crippen molar-refractivity contribution in [3.05, 3.63) is 113 Å². The molecule has 0 spiro atoms. The number of carboxylic acid groups (broad SMARTS) is 1. The summed E-state index contributed by atoms with van der Waals surface area (Å²) in [6.07, 6.45) is 3.44. The summed E-state index contributed by atoms with van der Waals surface area (Å²) >= 11 is 0. The number of fused-ring (bicyclic) bond motifs is 4. The number of ether oxygens (including phenoxy) is 1. The molecule has 1 atom stereocenters. The molecule has 0 bridgehead atoms. The van der Waals surface area contributed by atoms with Crippen LogP contribution < -0.4 is 10.1 Å². The Hall–Kier alpha value is -4.92. The SMILES string of the molecule is Cc1oc2c(c1C(=O)O)c(C(c1ccncc1)N1CCNCC1)c(O)c1cc(OCc3ccc4ccccc4c3)ccc12. The van der Waals surface area contributed by atoms with Gasteiger partial charge < -0.3 is 24.7 Å². The molecule has 1 fully saturated rings. The standard InChI is InChI=1S/C35H31N3O5/c1-21-29(35(40)41)30-31(32(24-10-12-36-13-11-24)38-16-14-37-15-17-38)33(39)28-19-26(8-9-27(28)34(30)43-21)42-20-22-6-7-23-4-2-3-5-25(23)18-22/h2-13,18-19,32,37,39H,14-17,20H2,1H3,(H,40,41). The Kier molecular flexibility index (Phi) is 6.93. The fourth-order valence-electron chi connectivity index (χ4n) is 6.33. The summed E-state index contributed by atoms with van der Waals surface area (Å²) in [6, 6.07) is 23.3. The first-order chi connectivity index (χ1) is 21.0. The quantitative estimate of drug-likeness (QED) is 0.201. The van der Waals surface area contributed by atoms with Crippen molar-refractivity contribution in [2.75, 3.05) is 26.2 Å². The minimum atomic E-state index is -1.10. The van der Waals surface area contributed by atoms with Crippen LogP contribution in [0.1, 0.15) is 38.9 Å². The van der Waals surface area contributed by atoms with Crippen LogP contribution in [0.15, 0.2) is 89.6 Å². The number of rotatable bonds is 7. The molecule has 3 heterocycles. The van der Waals surface area contributed by atoms with E-state index in [2.05, 4.69) is 39.5 Å². The zero-order chi connectivity index (χ0) is 29.5.